The van der Waals surface area contributed by atoms with E-state index in [1.165, 1.54) is 16.7 Å². The second-order valence-corrected chi connectivity index (χ2v) is 5.43. The highest BCUT2D eigenvalue weighted by atomic mass is 16.4. The van der Waals surface area contributed by atoms with Crippen LogP contribution in [0, 0.1) is 11.3 Å². The van der Waals surface area contributed by atoms with Crippen LogP contribution in [0.4, 0.5) is 5.82 Å². The molecule has 0 spiro atoms. The first-order chi connectivity index (χ1) is 12.1. The largest absolute Gasteiger partial charge is 0.545 e. The molecule has 0 bridgehead atoms. The lowest BCUT2D eigenvalue weighted by molar-refractivity contribution is -0.255. The monoisotopic (exact) mass is 328 g/mol. The van der Waals surface area contributed by atoms with E-state index in [1.807, 2.05) is 12.1 Å². The van der Waals surface area contributed by atoms with Crippen LogP contribution in [0.2, 0.25) is 0 Å². The molecule has 0 unspecified atom stereocenters. The Bertz CT molecular complexity index is 1200. The average Bonchev–Trinajstić information content (AvgIpc) is 2.90. The van der Waals surface area contributed by atoms with Crippen molar-refractivity contribution in [1.29, 1.82) is 5.26 Å². The zero-order valence-corrected chi connectivity index (χ0v) is 12.8. The number of hydrogen-bond donors (Lipinski definition) is 1. The fourth-order valence-corrected chi connectivity index (χ4v) is 2.81. The summed E-state index contributed by atoms with van der Waals surface area (Å²) in [7, 11) is 0. The minimum atomic E-state index is -1.30. The van der Waals surface area contributed by atoms with Crippen molar-refractivity contribution in [3.8, 4) is 11.8 Å². The van der Waals surface area contributed by atoms with Gasteiger partial charge < -0.3 is 15.6 Å². The van der Waals surface area contributed by atoms with E-state index in [0.717, 1.165) is 0 Å². The van der Waals surface area contributed by atoms with Gasteiger partial charge in [0.25, 0.3) is 0 Å². The number of rotatable bonds is 2. The predicted octanol–water partition coefficient (Wildman–Crippen LogP) is 1.39. The van der Waals surface area contributed by atoms with Crippen molar-refractivity contribution in [1.82, 2.24) is 14.5 Å². The molecule has 0 amide bonds. The summed E-state index contributed by atoms with van der Waals surface area (Å²) < 4.78 is 1.53. The standard InChI is InChI=1S/C18H11N5O2/c19-9-12-15-17(22-14-7-2-1-6-13(14)21-15)23(16(12)20)11-5-3-4-10(8-11)18(24)25/h1-8H,20H2,(H,24,25)/p-1. The van der Waals surface area contributed by atoms with Gasteiger partial charge in [-0.05, 0) is 29.8 Å². The van der Waals surface area contributed by atoms with Gasteiger partial charge in [0.05, 0.1) is 17.0 Å². The van der Waals surface area contributed by atoms with Crippen LogP contribution in [-0.2, 0) is 0 Å². The molecule has 4 aromatic rings. The summed E-state index contributed by atoms with van der Waals surface area (Å²) >= 11 is 0. The van der Waals surface area contributed by atoms with Crippen LogP contribution in [0.15, 0.2) is 48.5 Å². The second kappa shape index (κ2) is 5.32. The molecular formula is C18H10N5O2-. The van der Waals surface area contributed by atoms with Gasteiger partial charge in [-0.25, -0.2) is 9.97 Å². The van der Waals surface area contributed by atoms with Gasteiger partial charge in [0.2, 0.25) is 0 Å². The number of fused-ring (bicyclic) bond motifs is 2. The van der Waals surface area contributed by atoms with Gasteiger partial charge >= 0.3 is 0 Å². The summed E-state index contributed by atoms with van der Waals surface area (Å²) in [6, 6.07) is 15.4. The van der Waals surface area contributed by atoms with Gasteiger partial charge in [-0.2, -0.15) is 5.26 Å². The third kappa shape index (κ3) is 2.16. The van der Waals surface area contributed by atoms with E-state index < -0.39 is 5.97 Å². The number of aromatic carboxylic acids is 1. The summed E-state index contributed by atoms with van der Waals surface area (Å²) in [6.07, 6.45) is 0. The van der Waals surface area contributed by atoms with Gasteiger partial charge in [0.1, 0.15) is 23.0 Å². The molecule has 0 aliphatic rings. The van der Waals surface area contributed by atoms with E-state index in [9.17, 15) is 15.2 Å². The lowest BCUT2D eigenvalue weighted by atomic mass is 10.2. The van der Waals surface area contributed by atoms with Crippen LogP contribution in [0.3, 0.4) is 0 Å². The Morgan fingerprint density at radius 1 is 1.12 bits per heavy atom. The van der Waals surface area contributed by atoms with Crippen molar-refractivity contribution < 1.29 is 9.90 Å². The Balaban J connectivity index is 2.12. The first kappa shape index (κ1) is 14.7. The van der Waals surface area contributed by atoms with Gasteiger partial charge in [-0.1, -0.05) is 24.3 Å². The van der Waals surface area contributed by atoms with E-state index in [4.69, 9.17) is 5.73 Å². The normalized spacial score (nSPS) is 10.8. The second-order valence-electron chi connectivity index (χ2n) is 5.43. The van der Waals surface area contributed by atoms with Gasteiger partial charge in [0, 0.05) is 5.69 Å². The molecule has 0 aliphatic heterocycles. The van der Waals surface area contributed by atoms with Crippen molar-refractivity contribution in [2.45, 2.75) is 0 Å². The Morgan fingerprint density at radius 2 is 1.84 bits per heavy atom. The number of para-hydroxylation sites is 2. The fourth-order valence-electron chi connectivity index (χ4n) is 2.81. The van der Waals surface area contributed by atoms with E-state index in [1.54, 1.807) is 24.3 Å². The summed E-state index contributed by atoms with van der Waals surface area (Å²) in [4.78, 5) is 20.2. The number of hydrogen-bond acceptors (Lipinski definition) is 6. The molecule has 0 saturated carbocycles. The smallest absolute Gasteiger partial charge is 0.167 e. The molecule has 0 radical (unpaired) electrons. The summed E-state index contributed by atoms with van der Waals surface area (Å²) in [5.41, 5.74) is 8.88. The molecule has 7 heteroatoms. The third-order valence-corrected chi connectivity index (χ3v) is 3.95. The number of anilines is 1. The number of aromatic nitrogens is 3. The SMILES string of the molecule is N#Cc1c(N)n(-c2cccc(C(=O)[O-])c2)c2nc3ccccc3nc12. The summed E-state index contributed by atoms with van der Waals surface area (Å²) in [5, 5.41) is 20.6. The van der Waals surface area contributed by atoms with Crippen LogP contribution in [0.5, 0.6) is 0 Å². The first-order valence-electron chi connectivity index (χ1n) is 7.38. The number of nitrogens with zero attached hydrogens (tertiary/aromatic N) is 4. The quantitative estimate of drug-likeness (QED) is 0.593. The fraction of sp³-hybridized carbons (Fsp3) is 0. The number of carboxylic acids is 1. The number of carbonyl (C=O) groups excluding carboxylic acids is 1. The minimum Gasteiger partial charge on any atom is -0.545 e. The molecule has 2 aromatic carbocycles. The average molecular weight is 328 g/mol. The Morgan fingerprint density at radius 3 is 2.52 bits per heavy atom. The highest BCUT2D eigenvalue weighted by molar-refractivity contribution is 5.94. The molecule has 120 valence electrons. The van der Waals surface area contributed by atoms with Crippen LogP contribution in [-0.4, -0.2) is 20.5 Å². The predicted molar refractivity (Wildman–Crippen MR) is 89.8 cm³/mol. The number of nitrogens with two attached hydrogens (primary N) is 1. The van der Waals surface area contributed by atoms with Crippen molar-refractivity contribution in [3.63, 3.8) is 0 Å². The van der Waals surface area contributed by atoms with Crippen molar-refractivity contribution in [3.05, 3.63) is 59.7 Å². The molecule has 2 N–H and O–H groups in total. The van der Waals surface area contributed by atoms with Crippen LogP contribution < -0.4 is 10.8 Å². The Kier molecular flexibility index (Phi) is 3.12. The molecule has 0 saturated heterocycles. The maximum Gasteiger partial charge on any atom is 0.167 e. The van der Waals surface area contributed by atoms with Crippen LogP contribution >= 0.6 is 0 Å². The number of carbonyl (C=O) groups is 1. The number of carboxylic acid groups (broad SMARTS) is 1. The number of nitrogen functional groups attached to an aromatic ring is 1. The van der Waals surface area contributed by atoms with E-state index in [2.05, 4.69) is 16.0 Å². The topological polar surface area (TPSA) is 121 Å². The highest BCUT2D eigenvalue weighted by Gasteiger charge is 2.19. The van der Waals surface area contributed by atoms with Crippen LogP contribution in [0.1, 0.15) is 15.9 Å². The maximum absolute atomic E-state index is 11.1. The zero-order valence-electron chi connectivity index (χ0n) is 12.8. The summed E-state index contributed by atoms with van der Waals surface area (Å²) in [6.45, 7) is 0. The van der Waals surface area contributed by atoms with Crippen molar-refractivity contribution >= 4 is 34.0 Å². The van der Waals surface area contributed by atoms with Gasteiger partial charge in [-0.3, -0.25) is 4.57 Å². The van der Waals surface area contributed by atoms with Gasteiger partial charge in [0.15, 0.2) is 5.65 Å². The van der Waals surface area contributed by atoms with Gasteiger partial charge in [-0.15, -0.1) is 0 Å². The molecular weight excluding hydrogens is 318 g/mol. The number of nitriles is 1. The molecule has 2 heterocycles. The molecule has 0 atom stereocenters. The minimum absolute atomic E-state index is 0.00556. The molecule has 25 heavy (non-hydrogen) atoms. The molecule has 0 fully saturated rings. The van der Waals surface area contributed by atoms with Crippen molar-refractivity contribution in [2.75, 3.05) is 5.73 Å². The lowest BCUT2D eigenvalue weighted by Gasteiger charge is -2.10. The molecule has 7 nitrogen and oxygen atoms in total. The zero-order chi connectivity index (χ0) is 17.6. The van der Waals surface area contributed by atoms with Crippen LogP contribution in [0.25, 0.3) is 27.9 Å². The van der Waals surface area contributed by atoms with E-state index in [-0.39, 0.29) is 16.9 Å². The third-order valence-electron chi connectivity index (χ3n) is 3.95. The maximum atomic E-state index is 11.1. The van der Waals surface area contributed by atoms with Crippen molar-refractivity contribution in [2.24, 2.45) is 0 Å². The van der Waals surface area contributed by atoms with E-state index in [0.29, 0.717) is 27.9 Å². The molecule has 2 aromatic heterocycles. The molecule has 0 aliphatic carbocycles. The molecule has 4 rings (SSSR count). The lowest BCUT2D eigenvalue weighted by Crippen LogP contribution is -2.22. The summed E-state index contributed by atoms with van der Waals surface area (Å²) in [5.74, 6) is -1.14. The first-order valence-corrected chi connectivity index (χ1v) is 7.38. The highest BCUT2D eigenvalue weighted by Crippen LogP contribution is 2.30. The Hall–Kier alpha value is -3.92. The Labute approximate surface area is 141 Å². The number of benzene rings is 2. The van der Waals surface area contributed by atoms with E-state index >= 15 is 0 Å².